The minimum Gasteiger partial charge on any atom is -0.324 e. The lowest BCUT2D eigenvalue weighted by Crippen LogP contribution is -2.37. The van der Waals surface area contributed by atoms with Crippen molar-refractivity contribution in [2.45, 2.75) is 0 Å². The second-order valence-corrected chi connectivity index (χ2v) is 7.74. The molecule has 0 spiro atoms. The highest BCUT2D eigenvalue weighted by Gasteiger charge is 2.40. The summed E-state index contributed by atoms with van der Waals surface area (Å²) in [5.41, 5.74) is -0.0580. The Morgan fingerprint density at radius 1 is 0.800 bits per heavy atom. The molecule has 2 aliphatic heterocycles. The number of para-hydroxylation sites is 1. The summed E-state index contributed by atoms with van der Waals surface area (Å²) >= 11 is 0. The van der Waals surface area contributed by atoms with Crippen LogP contribution in [-0.2, 0) is 4.79 Å². The first kappa shape index (κ1) is 21.6. The number of nitrogens with zero attached hydrogens (tertiary/aromatic N) is 3. The third kappa shape index (κ3) is 3.42. The SMILES string of the molecule is O=C(CN1C(=O)c2ccc([N+](=O)[O-])cc2C1=O)Nc1cccc2c1C(=O)N(c1ccccc1)C2=O. The smallest absolute Gasteiger partial charge is 0.270 e. The Morgan fingerprint density at radius 3 is 2.23 bits per heavy atom. The van der Waals surface area contributed by atoms with E-state index in [1.165, 1.54) is 18.2 Å². The van der Waals surface area contributed by atoms with Crippen LogP contribution in [0.2, 0.25) is 0 Å². The number of imide groups is 2. The van der Waals surface area contributed by atoms with Crippen molar-refractivity contribution >= 4 is 46.6 Å². The molecule has 2 aliphatic rings. The lowest BCUT2D eigenvalue weighted by Gasteiger charge is -2.15. The van der Waals surface area contributed by atoms with Crippen LogP contribution >= 0.6 is 0 Å². The number of nitro groups is 1. The zero-order chi connectivity index (χ0) is 24.9. The molecule has 0 saturated heterocycles. The fraction of sp³-hybridized carbons (Fsp3) is 0.0417. The first-order valence-corrected chi connectivity index (χ1v) is 10.3. The first-order valence-electron chi connectivity index (χ1n) is 10.3. The third-order valence-electron chi connectivity index (χ3n) is 5.67. The standard InChI is InChI=1S/C24H14N4O7/c29-19(12-26-21(30)15-10-9-14(28(34)35)11-17(15)22(26)31)25-18-8-4-7-16-20(18)24(33)27(23(16)32)13-5-2-1-3-6-13/h1-11H,12H2,(H,25,29). The van der Waals surface area contributed by atoms with E-state index in [2.05, 4.69) is 5.32 Å². The Balaban J connectivity index is 1.38. The molecule has 0 radical (unpaired) electrons. The Morgan fingerprint density at radius 2 is 1.51 bits per heavy atom. The van der Waals surface area contributed by atoms with E-state index in [1.54, 1.807) is 30.3 Å². The molecule has 35 heavy (non-hydrogen) atoms. The van der Waals surface area contributed by atoms with E-state index < -0.39 is 41.0 Å². The van der Waals surface area contributed by atoms with Gasteiger partial charge in [0.2, 0.25) is 5.91 Å². The van der Waals surface area contributed by atoms with Gasteiger partial charge in [-0.2, -0.15) is 0 Å². The molecule has 1 N–H and O–H groups in total. The van der Waals surface area contributed by atoms with Crippen molar-refractivity contribution in [1.82, 2.24) is 4.90 Å². The molecule has 11 nitrogen and oxygen atoms in total. The highest BCUT2D eigenvalue weighted by atomic mass is 16.6. The molecule has 0 aromatic heterocycles. The molecule has 0 atom stereocenters. The quantitative estimate of drug-likeness (QED) is 0.342. The molecule has 0 aliphatic carbocycles. The molecular formula is C24H14N4O7. The van der Waals surface area contributed by atoms with Gasteiger partial charge in [-0.05, 0) is 30.3 Å². The molecule has 5 rings (SSSR count). The highest BCUT2D eigenvalue weighted by Crippen LogP contribution is 2.33. The van der Waals surface area contributed by atoms with Gasteiger partial charge in [-0.3, -0.25) is 39.0 Å². The summed E-state index contributed by atoms with van der Waals surface area (Å²) in [6.45, 7) is -0.686. The van der Waals surface area contributed by atoms with Crippen molar-refractivity contribution < 1.29 is 28.9 Å². The topological polar surface area (TPSA) is 147 Å². The number of carbonyl (C=O) groups is 5. The molecule has 172 valence electrons. The van der Waals surface area contributed by atoms with Crippen LogP contribution in [0, 0.1) is 10.1 Å². The summed E-state index contributed by atoms with van der Waals surface area (Å²) in [4.78, 5) is 75.9. The summed E-state index contributed by atoms with van der Waals surface area (Å²) in [6, 6.07) is 15.9. The number of hydrogen-bond acceptors (Lipinski definition) is 7. The van der Waals surface area contributed by atoms with E-state index in [4.69, 9.17) is 0 Å². The van der Waals surface area contributed by atoms with Gasteiger partial charge >= 0.3 is 0 Å². The molecular weight excluding hydrogens is 456 g/mol. The molecule has 2 heterocycles. The first-order chi connectivity index (χ1) is 16.8. The van der Waals surface area contributed by atoms with Crippen molar-refractivity contribution in [3.05, 3.63) is 99.1 Å². The van der Waals surface area contributed by atoms with Crippen LogP contribution in [0.15, 0.2) is 66.7 Å². The zero-order valence-corrected chi connectivity index (χ0v) is 17.8. The Labute approximate surface area is 196 Å². The van der Waals surface area contributed by atoms with Gasteiger partial charge in [0.15, 0.2) is 0 Å². The number of nitro benzene ring substituents is 1. The van der Waals surface area contributed by atoms with Crippen LogP contribution < -0.4 is 10.2 Å². The lowest BCUT2D eigenvalue weighted by atomic mass is 10.1. The van der Waals surface area contributed by atoms with E-state index >= 15 is 0 Å². The van der Waals surface area contributed by atoms with Crippen LogP contribution in [-0.4, -0.2) is 45.9 Å². The van der Waals surface area contributed by atoms with Crippen molar-refractivity contribution in [3.8, 4) is 0 Å². The van der Waals surface area contributed by atoms with Gasteiger partial charge in [-0.15, -0.1) is 0 Å². The fourth-order valence-corrected chi connectivity index (χ4v) is 4.07. The number of hydrogen-bond donors (Lipinski definition) is 1. The van der Waals surface area contributed by atoms with Gasteiger partial charge < -0.3 is 5.32 Å². The molecule has 3 aromatic carbocycles. The van der Waals surface area contributed by atoms with Gasteiger partial charge in [-0.25, -0.2) is 4.90 Å². The summed E-state index contributed by atoms with van der Waals surface area (Å²) in [6.07, 6.45) is 0. The number of nitrogens with one attached hydrogen (secondary N) is 1. The predicted octanol–water partition coefficient (Wildman–Crippen LogP) is 2.63. The average molecular weight is 470 g/mol. The van der Waals surface area contributed by atoms with Gasteiger partial charge in [0, 0.05) is 12.1 Å². The number of fused-ring (bicyclic) bond motifs is 2. The third-order valence-corrected chi connectivity index (χ3v) is 5.67. The minimum atomic E-state index is -0.844. The fourth-order valence-electron chi connectivity index (χ4n) is 4.07. The maximum atomic E-state index is 13.1. The molecule has 0 saturated carbocycles. The Kier molecular flexibility index (Phi) is 4.94. The number of non-ortho nitro benzene ring substituents is 1. The summed E-state index contributed by atoms with van der Waals surface area (Å²) in [5, 5.41) is 13.5. The summed E-state index contributed by atoms with van der Waals surface area (Å²) in [5.74, 6) is -3.58. The van der Waals surface area contributed by atoms with Gasteiger partial charge in [0.25, 0.3) is 29.3 Å². The molecule has 11 heteroatoms. The van der Waals surface area contributed by atoms with Crippen molar-refractivity contribution in [2.24, 2.45) is 0 Å². The van der Waals surface area contributed by atoms with Crippen LogP contribution in [0.3, 0.4) is 0 Å². The molecule has 5 amide bonds. The Bertz CT molecular complexity index is 1480. The number of anilines is 2. The number of carbonyl (C=O) groups excluding carboxylic acids is 5. The predicted molar refractivity (Wildman–Crippen MR) is 121 cm³/mol. The van der Waals surface area contributed by atoms with E-state index in [0.29, 0.717) is 10.6 Å². The second-order valence-electron chi connectivity index (χ2n) is 7.74. The maximum absolute atomic E-state index is 13.1. The number of rotatable bonds is 5. The van der Waals surface area contributed by atoms with Crippen molar-refractivity contribution in [2.75, 3.05) is 16.8 Å². The van der Waals surface area contributed by atoms with Crippen LogP contribution in [0.5, 0.6) is 0 Å². The van der Waals surface area contributed by atoms with Gasteiger partial charge in [0.05, 0.1) is 38.6 Å². The van der Waals surface area contributed by atoms with E-state index in [0.717, 1.165) is 23.1 Å². The molecule has 0 fully saturated rings. The van der Waals surface area contributed by atoms with E-state index in [9.17, 15) is 34.1 Å². The largest absolute Gasteiger partial charge is 0.324 e. The maximum Gasteiger partial charge on any atom is 0.270 e. The molecule has 0 bridgehead atoms. The molecule has 0 unspecified atom stereocenters. The Hall–Kier alpha value is -5.19. The zero-order valence-electron chi connectivity index (χ0n) is 17.8. The second kappa shape index (κ2) is 7.99. The summed E-state index contributed by atoms with van der Waals surface area (Å²) in [7, 11) is 0. The van der Waals surface area contributed by atoms with Crippen LogP contribution in [0.1, 0.15) is 41.4 Å². The highest BCUT2D eigenvalue weighted by molar-refractivity contribution is 6.36. The van der Waals surface area contributed by atoms with Crippen molar-refractivity contribution in [1.29, 1.82) is 0 Å². The number of benzene rings is 3. The van der Waals surface area contributed by atoms with Crippen LogP contribution in [0.25, 0.3) is 0 Å². The van der Waals surface area contributed by atoms with Crippen LogP contribution in [0.4, 0.5) is 17.1 Å². The lowest BCUT2D eigenvalue weighted by molar-refractivity contribution is -0.384. The number of amides is 5. The van der Waals surface area contributed by atoms with E-state index in [1.807, 2.05) is 0 Å². The monoisotopic (exact) mass is 470 g/mol. The van der Waals surface area contributed by atoms with Gasteiger partial charge in [-0.1, -0.05) is 24.3 Å². The normalized spacial score (nSPS) is 14.3. The average Bonchev–Trinajstić information content (AvgIpc) is 3.24. The van der Waals surface area contributed by atoms with Gasteiger partial charge in [0.1, 0.15) is 6.54 Å². The van der Waals surface area contributed by atoms with Crippen molar-refractivity contribution in [3.63, 3.8) is 0 Å². The minimum absolute atomic E-state index is 0.00677. The summed E-state index contributed by atoms with van der Waals surface area (Å²) < 4.78 is 0. The van der Waals surface area contributed by atoms with E-state index in [-0.39, 0.29) is 33.6 Å². The molecule has 3 aromatic rings.